The second-order valence-corrected chi connectivity index (χ2v) is 13.0. The number of primary amides is 1. The molecule has 3 aliphatic heterocycles. The number of likely N-dealkylation sites (tertiary alicyclic amines) is 2. The molecule has 3 atom stereocenters. The fourth-order valence-electron chi connectivity index (χ4n) is 5.40. The first kappa shape index (κ1) is 25.7. The van der Waals surface area contributed by atoms with E-state index in [9.17, 15) is 24.0 Å². The molecule has 1 aromatic carbocycles. The van der Waals surface area contributed by atoms with E-state index in [1.807, 2.05) is 24.3 Å². The largest absolute Gasteiger partial charge is 0.351 e. The van der Waals surface area contributed by atoms with Crippen molar-refractivity contribution in [3.8, 4) is 0 Å². The van der Waals surface area contributed by atoms with Crippen LogP contribution in [0.3, 0.4) is 0 Å². The number of urea groups is 1. The van der Waals surface area contributed by atoms with E-state index in [4.69, 9.17) is 5.73 Å². The smallest absolute Gasteiger partial charge is 0.328 e. The van der Waals surface area contributed by atoms with Gasteiger partial charge in [-0.3, -0.25) is 23.7 Å². The van der Waals surface area contributed by atoms with Gasteiger partial charge in [0, 0.05) is 23.9 Å². The number of rotatable bonds is 3. The van der Waals surface area contributed by atoms with Crippen molar-refractivity contribution in [3.63, 3.8) is 0 Å². The molecule has 0 saturated carbocycles. The first-order valence-electron chi connectivity index (χ1n) is 12.4. The number of thioether (sulfide) groups is 1. The van der Waals surface area contributed by atoms with Crippen LogP contribution in [0.25, 0.3) is 0 Å². The molecule has 0 aliphatic carbocycles. The number of hydrogen-bond donors (Lipinski definition) is 1. The van der Waals surface area contributed by atoms with E-state index in [2.05, 4.69) is 20.8 Å². The number of carbonyl (C=O) groups excluding carboxylic acids is 4. The van der Waals surface area contributed by atoms with Crippen LogP contribution in [-0.2, 0) is 26.3 Å². The zero-order valence-electron chi connectivity index (χ0n) is 21.1. The van der Waals surface area contributed by atoms with Gasteiger partial charge >= 0.3 is 10.9 Å². The summed E-state index contributed by atoms with van der Waals surface area (Å²) in [5, 5.41) is -0.399. The van der Waals surface area contributed by atoms with Gasteiger partial charge in [0.15, 0.2) is 0 Å². The zero-order chi connectivity index (χ0) is 26.6. The van der Waals surface area contributed by atoms with Crippen LogP contribution in [0.5, 0.6) is 0 Å². The minimum Gasteiger partial charge on any atom is -0.351 e. The average Bonchev–Trinajstić information content (AvgIpc) is 3.30. The highest BCUT2D eigenvalue weighted by Gasteiger charge is 2.57. The number of amides is 5. The molecule has 2 saturated heterocycles. The van der Waals surface area contributed by atoms with Gasteiger partial charge in [-0.15, -0.1) is 0 Å². The Bertz CT molecular complexity index is 1330. The molecule has 9 nitrogen and oxygen atoms in total. The van der Waals surface area contributed by atoms with Gasteiger partial charge in [0.25, 0.3) is 5.91 Å². The molecule has 0 bridgehead atoms. The lowest BCUT2D eigenvalue weighted by molar-refractivity contribution is -0.136. The number of imide groups is 3. The molecular formula is C26H30N4O5S2. The third kappa shape index (κ3) is 4.41. The molecule has 2 aromatic rings. The Kier molecular flexibility index (Phi) is 6.56. The molecule has 5 rings (SSSR count). The zero-order valence-corrected chi connectivity index (χ0v) is 22.7. The molecule has 4 heterocycles. The molecule has 2 fully saturated rings. The molecule has 3 aliphatic rings. The number of aromatic nitrogens is 1. The Morgan fingerprint density at radius 3 is 2.24 bits per heavy atom. The van der Waals surface area contributed by atoms with E-state index < -0.39 is 34.9 Å². The highest BCUT2D eigenvalue weighted by atomic mass is 32.2. The Hall–Kier alpha value is -2.92. The predicted octanol–water partition coefficient (Wildman–Crippen LogP) is 2.89. The number of benzene rings is 1. The summed E-state index contributed by atoms with van der Waals surface area (Å²) in [7, 11) is 0. The van der Waals surface area contributed by atoms with Crippen molar-refractivity contribution < 1.29 is 19.2 Å². The molecule has 1 aromatic heterocycles. The summed E-state index contributed by atoms with van der Waals surface area (Å²) in [5.41, 5.74) is 7.19. The minimum atomic E-state index is -1.10. The topological polar surface area (TPSA) is 123 Å². The van der Waals surface area contributed by atoms with E-state index in [1.54, 1.807) is 4.90 Å². The maximum absolute atomic E-state index is 13.3. The normalized spacial score (nSPS) is 23.7. The van der Waals surface area contributed by atoms with Crippen molar-refractivity contribution in [1.82, 2.24) is 14.4 Å². The highest BCUT2D eigenvalue weighted by molar-refractivity contribution is 8.00. The third-order valence-corrected chi connectivity index (χ3v) is 10.0. The van der Waals surface area contributed by atoms with Crippen LogP contribution in [-0.4, -0.2) is 56.5 Å². The summed E-state index contributed by atoms with van der Waals surface area (Å²) >= 11 is 2.08. The van der Waals surface area contributed by atoms with Crippen LogP contribution < -0.4 is 10.6 Å². The van der Waals surface area contributed by atoms with Gasteiger partial charge in [0.1, 0.15) is 11.8 Å². The monoisotopic (exact) mass is 542 g/mol. The Morgan fingerprint density at radius 1 is 1.00 bits per heavy atom. The van der Waals surface area contributed by atoms with Gasteiger partial charge in [0.2, 0.25) is 11.8 Å². The maximum Gasteiger partial charge on any atom is 0.328 e. The van der Waals surface area contributed by atoms with Crippen LogP contribution in [0.4, 0.5) is 4.79 Å². The highest BCUT2D eigenvalue weighted by Crippen LogP contribution is 2.53. The average molecular weight is 543 g/mol. The number of fused-ring (bicyclic) bond motifs is 2. The van der Waals surface area contributed by atoms with E-state index >= 15 is 0 Å². The number of carbonyl (C=O) groups is 4. The van der Waals surface area contributed by atoms with Crippen molar-refractivity contribution in [3.05, 3.63) is 49.9 Å². The Labute approximate surface area is 223 Å². The maximum atomic E-state index is 13.3. The fourth-order valence-corrected chi connectivity index (χ4v) is 8.17. The van der Waals surface area contributed by atoms with Crippen molar-refractivity contribution >= 4 is 46.9 Å². The standard InChI is InChI=1S/C26H30N4O5S2/c1-26(2,3)15-9-7-14(8-10-15)17-18-19(22(33)30(21(18)32)24(27)34)36-23-20(17)37-25(35)29(23)13-16(31)28-11-5-4-6-12-28/h7-10,17-19H,4-6,11-13H2,1-3H3,(H2,27,34)/t17-,18?,19?/m0/s1. The van der Waals surface area contributed by atoms with Crippen LogP contribution in [0.2, 0.25) is 0 Å². The summed E-state index contributed by atoms with van der Waals surface area (Å²) in [4.78, 5) is 67.4. The van der Waals surface area contributed by atoms with Gasteiger partial charge in [-0.25, -0.2) is 4.79 Å². The van der Waals surface area contributed by atoms with E-state index in [1.165, 1.54) is 4.57 Å². The van der Waals surface area contributed by atoms with Crippen LogP contribution in [0.1, 0.15) is 62.0 Å². The summed E-state index contributed by atoms with van der Waals surface area (Å²) in [6.07, 6.45) is 2.96. The third-order valence-electron chi connectivity index (χ3n) is 7.41. The lowest BCUT2D eigenvalue weighted by atomic mass is 9.81. The number of thiazole rings is 1. The molecule has 11 heteroatoms. The first-order chi connectivity index (χ1) is 17.5. The Morgan fingerprint density at radius 2 is 1.65 bits per heavy atom. The number of nitrogens with two attached hydrogens (primary N) is 1. The van der Waals surface area contributed by atoms with Crippen molar-refractivity contribution in [1.29, 1.82) is 0 Å². The van der Waals surface area contributed by atoms with E-state index in [0.29, 0.717) is 27.9 Å². The van der Waals surface area contributed by atoms with Gasteiger partial charge < -0.3 is 10.6 Å². The number of nitrogens with zero attached hydrogens (tertiary/aromatic N) is 3. The fraction of sp³-hybridized carbons (Fsp3) is 0.500. The lowest BCUT2D eigenvalue weighted by Gasteiger charge is -2.31. The quantitative estimate of drug-likeness (QED) is 0.595. The second kappa shape index (κ2) is 9.43. The molecule has 5 amide bonds. The van der Waals surface area contributed by atoms with E-state index in [-0.39, 0.29) is 22.7 Å². The first-order valence-corrected chi connectivity index (χ1v) is 14.1. The summed E-state index contributed by atoms with van der Waals surface area (Å²) in [6, 6.07) is 6.70. The minimum absolute atomic E-state index is 0.0838. The molecule has 196 valence electrons. The van der Waals surface area contributed by atoms with Crippen LogP contribution >= 0.6 is 23.1 Å². The van der Waals surface area contributed by atoms with Crippen molar-refractivity contribution in [2.75, 3.05) is 13.1 Å². The Balaban J connectivity index is 1.59. The van der Waals surface area contributed by atoms with E-state index in [0.717, 1.165) is 53.5 Å². The van der Waals surface area contributed by atoms with Gasteiger partial charge in [-0.1, -0.05) is 68.1 Å². The molecule has 37 heavy (non-hydrogen) atoms. The van der Waals surface area contributed by atoms with Crippen molar-refractivity contribution in [2.24, 2.45) is 11.7 Å². The van der Waals surface area contributed by atoms with Gasteiger partial charge in [0.05, 0.1) is 10.9 Å². The molecule has 0 radical (unpaired) electrons. The summed E-state index contributed by atoms with van der Waals surface area (Å²) in [6.45, 7) is 7.52. The number of piperidine rings is 1. The second-order valence-electron chi connectivity index (χ2n) is 10.8. The summed E-state index contributed by atoms with van der Waals surface area (Å²) < 4.78 is 1.43. The lowest BCUT2D eigenvalue weighted by Crippen LogP contribution is -2.41. The number of hydrogen-bond acceptors (Lipinski definition) is 7. The molecule has 2 N–H and O–H groups in total. The molecular weight excluding hydrogens is 512 g/mol. The van der Waals surface area contributed by atoms with Crippen LogP contribution in [0.15, 0.2) is 34.1 Å². The van der Waals surface area contributed by atoms with Gasteiger partial charge in [-0.05, 0) is 35.8 Å². The predicted molar refractivity (Wildman–Crippen MR) is 141 cm³/mol. The summed E-state index contributed by atoms with van der Waals surface area (Å²) in [5.74, 6) is -2.95. The van der Waals surface area contributed by atoms with Gasteiger partial charge in [-0.2, -0.15) is 4.90 Å². The van der Waals surface area contributed by atoms with Crippen molar-refractivity contribution in [2.45, 2.75) is 68.2 Å². The molecule has 2 unspecified atom stereocenters. The molecule has 0 spiro atoms. The van der Waals surface area contributed by atoms with Crippen LogP contribution in [0, 0.1) is 5.92 Å². The SMILES string of the molecule is CC(C)(C)c1ccc([C@@H]2c3sc(=O)n(CC(=O)N4CCCCC4)c3SC3C(=O)N(C(N)=O)C(=O)C32)cc1.